The lowest BCUT2D eigenvalue weighted by Gasteiger charge is -2.28. The van der Waals surface area contributed by atoms with Gasteiger partial charge in [0.2, 0.25) is 0 Å². The zero-order valence-electron chi connectivity index (χ0n) is 9.42. The van der Waals surface area contributed by atoms with Crippen molar-refractivity contribution in [1.82, 2.24) is 0 Å². The first-order valence-electron chi connectivity index (χ1n) is 5.21. The van der Waals surface area contributed by atoms with Gasteiger partial charge in [-0.15, -0.1) is 0 Å². The first-order valence-corrected chi connectivity index (χ1v) is 5.21. The number of carbonyl (C=O) groups excluding carboxylic acids is 1. The lowest BCUT2D eigenvalue weighted by molar-refractivity contribution is 0.0598. The summed E-state index contributed by atoms with van der Waals surface area (Å²) >= 11 is 0. The van der Waals surface area contributed by atoms with Crippen LogP contribution < -0.4 is 0 Å². The van der Waals surface area contributed by atoms with Gasteiger partial charge in [-0.3, -0.25) is 0 Å². The Bertz CT molecular complexity index is 388. The van der Waals surface area contributed by atoms with Crippen LogP contribution in [-0.4, -0.2) is 13.1 Å². The Kier molecular flexibility index (Phi) is 2.33. The molecule has 0 unspecified atom stereocenters. The first-order chi connectivity index (χ1) is 7.03. The number of furan rings is 1. The van der Waals surface area contributed by atoms with Gasteiger partial charge >= 0.3 is 5.97 Å². The molecule has 1 aromatic rings. The molecule has 15 heavy (non-hydrogen) atoms. The minimum atomic E-state index is -0.294. The van der Waals surface area contributed by atoms with Crippen molar-refractivity contribution in [2.45, 2.75) is 33.1 Å². The highest BCUT2D eigenvalue weighted by Gasteiger charge is 2.31. The molecule has 1 aliphatic rings. The summed E-state index contributed by atoms with van der Waals surface area (Å²) in [7, 11) is 1.40. The maximum Gasteiger partial charge on any atom is 0.341 e. The Morgan fingerprint density at radius 1 is 1.53 bits per heavy atom. The second-order valence-corrected chi connectivity index (χ2v) is 4.88. The molecule has 82 valence electrons. The van der Waals surface area contributed by atoms with Gasteiger partial charge in [0.15, 0.2) is 0 Å². The van der Waals surface area contributed by atoms with E-state index in [9.17, 15) is 4.79 Å². The average Bonchev–Trinajstić information content (AvgIpc) is 2.58. The number of aryl methyl sites for hydroxylation is 1. The van der Waals surface area contributed by atoms with E-state index in [0.717, 1.165) is 30.6 Å². The molecular weight excluding hydrogens is 192 g/mol. The van der Waals surface area contributed by atoms with Gasteiger partial charge in [0, 0.05) is 12.0 Å². The van der Waals surface area contributed by atoms with Gasteiger partial charge in [0.05, 0.1) is 7.11 Å². The summed E-state index contributed by atoms with van der Waals surface area (Å²) in [5, 5.41) is 0. The SMILES string of the molecule is COC(=O)c1coc2c1CC(C)(C)CC2. The number of ether oxygens (including phenoxy) is 1. The maximum atomic E-state index is 11.5. The molecule has 0 radical (unpaired) electrons. The quantitative estimate of drug-likeness (QED) is 0.666. The zero-order valence-corrected chi connectivity index (χ0v) is 9.42. The third-order valence-electron chi connectivity index (χ3n) is 3.07. The fraction of sp³-hybridized carbons (Fsp3) is 0.583. The molecule has 3 heteroatoms. The van der Waals surface area contributed by atoms with E-state index in [0.29, 0.717) is 5.56 Å². The molecule has 1 aromatic heterocycles. The molecule has 0 aliphatic heterocycles. The van der Waals surface area contributed by atoms with Gasteiger partial charge in [-0.2, -0.15) is 0 Å². The number of esters is 1. The third-order valence-corrected chi connectivity index (χ3v) is 3.07. The van der Waals surface area contributed by atoms with Crippen LogP contribution in [0.4, 0.5) is 0 Å². The second kappa shape index (κ2) is 3.40. The van der Waals surface area contributed by atoms with Gasteiger partial charge in [-0.1, -0.05) is 13.8 Å². The number of fused-ring (bicyclic) bond motifs is 1. The van der Waals surface area contributed by atoms with Crippen molar-refractivity contribution >= 4 is 5.97 Å². The van der Waals surface area contributed by atoms with Crippen molar-refractivity contribution < 1.29 is 13.9 Å². The number of methoxy groups -OCH3 is 1. The monoisotopic (exact) mass is 208 g/mol. The predicted molar refractivity (Wildman–Crippen MR) is 55.9 cm³/mol. The molecule has 0 spiro atoms. The van der Waals surface area contributed by atoms with Crippen molar-refractivity contribution in [1.29, 1.82) is 0 Å². The second-order valence-electron chi connectivity index (χ2n) is 4.88. The molecule has 3 nitrogen and oxygen atoms in total. The summed E-state index contributed by atoms with van der Waals surface area (Å²) in [6.45, 7) is 4.42. The van der Waals surface area contributed by atoms with Crippen LogP contribution in [0.3, 0.4) is 0 Å². The summed E-state index contributed by atoms with van der Waals surface area (Å²) in [6.07, 6.45) is 4.44. The Hall–Kier alpha value is -1.25. The average molecular weight is 208 g/mol. The van der Waals surface area contributed by atoms with Crippen LogP contribution in [0.5, 0.6) is 0 Å². The van der Waals surface area contributed by atoms with Crippen molar-refractivity contribution in [3.8, 4) is 0 Å². The summed E-state index contributed by atoms with van der Waals surface area (Å²) in [6, 6.07) is 0. The predicted octanol–water partition coefficient (Wildman–Crippen LogP) is 2.58. The minimum absolute atomic E-state index is 0.250. The fourth-order valence-electron chi connectivity index (χ4n) is 2.13. The lowest BCUT2D eigenvalue weighted by atomic mass is 9.76. The van der Waals surface area contributed by atoms with Crippen LogP contribution in [-0.2, 0) is 17.6 Å². The summed E-state index contributed by atoms with van der Waals surface area (Å²) in [4.78, 5) is 11.5. The van der Waals surface area contributed by atoms with Crippen LogP contribution in [0.25, 0.3) is 0 Å². The molecule has 0 saturated carbocycles. The Balaban J connectivity index is 2.38. The molecule has 0 saturated heterocycles. The van der Waals surface area contributed by atoms with E-state index in [1.165, 1.54) is 13.4 Å². The van der Waals surface area contributed by atoms with Crippen LogP contribution in [0.2, 0.25) is 0 Å². The van der Waals surface area contributed by atoms with Crippen LogP contribution in [0, 0.1) is 5.41 Å². The minimum Gasteiger partial charge on any atom is -0.468 e. The maximum absolute atomic E-state index is 11.5. The Morgan fingerprint density at radius 2 is 2.27 bits per heavy atom. The molecule has 0 aromatic carbocycles. The number of hydrogen-bond acceptors (Lipinski definition) is 3. The number of carbonyl (C=O) groups is 1. The smallest absolute Gasteiger partial charge is 0.341 e. The van der Waals surface area contributed by atoms with Crippen molar-refractivity contribution in [3.05, 3.63) is 23.2 Å². The standard InChI is InChI=1S/C12H16O3/c1-12(2)5-4-10-8(6-12)9(7-15-10)11(13)14-3/h7H,4-6H2,1-3H3. The van der Waals surface area contributed by atoms with Crippen LogP contribution in [0.15, 0.2) is 10.7 Å². The van der Waals surface area contributed by atoms with Gasteiger partial charge in [-0.25, -0.2) is 4.79 Å². The molecule has 0 bridgehead atoms. The highest BCUT2D eigenvalue weighted by Crippen LogP contribution is 2.37. The molecule has 0 N–H and O–H groups in total. The molecule has 1 aliphatic carbocycles. The summed E-state index contributed by atoms with van der Waals surface area (Å²) in [5.74, 6) is 0.660. The van der Waals surface area contributed by atoms with E-state index in [1.807, 2.05) is 0 Å². The zero-order chi connectivity index (χ0) is 11.1. The lowest BCUT2D eigenvalue weighted by Crippen LogP contribution is -2.22. The van der Waals surface area contributed by atoms with Gasteiger partial charge in [0.25, 0.3) is 0 Å². The van der Waals surface area contributed by atoms with E-state index >= 15 is 0 Å². The number of hydrogen-bond donors (Lipinski definition) is 0. The molecule has 0 fully saturated rings. The summed E-state index contributed by atoms with van der Waals surface area (Å²) in [5.41, 5.74) is 1.89. The van der Waals surface area contributed by atoms with Gasteiger partial charge in [0.1, 0.15) is 17.6 Å². The first kappa shape index (κ1) is 10.3. The van der Waals surface area contributed by atoms with Crippen molar-refractivity contribution in [2.75, 3.05) is 7.11 Å². The highest BCUT2D eigenvalue weighted by atomic mass is 16.5. The van der Waals surface area contributed by atoms with Gasteiger partial charge < -0.3 is 9.15 Å². The van der Waals surface area contributed by atoms with E-state index in [1.54, 1.807) is 0 Å². The molecule has 0 amide bonds. The van der Waals surface area contributed by atoms with E-state index < -0.39 is 0 Å². The highest BCUT2D eigenvalue weighted by molar-refractivity contribution is 5.91. The van der Waals surface area contributed by atoms with Crippen molar-refractivity contribution in [2.24, 2.45) is 5.41 Å². The molecule has 0 atom stereocenters. The van der Waals surface area contributed by atoms with Crippen molar-refractivity contribution in [3.63, 3.8) is 0 Å². The molecular formula is C12H16O3. The summed E-state index contributed by atoms with van der Waals surface area (Å²) < 4.78 is 10.1. The largest absolute Gasteiger partial charge is 0.468 e. The normalized spacial score (nSPS) is 18.3. The fourth-order valence-corrected chi connectivity index (χ4v) is 2.13. The van der Waals surface area contributed by atoms with Crippen LogP contribution >= 0.6 is 0 Å². The number of rotatable bonds is 1. The van der Waals surface area contributed by atoms with E-state index in [4.69, 9.17) is 9.15 Å². The van der Waals surface area contributed by atoms with E-state index in [-0.39, 0.29) is 11.4 Å². The molecule has 2 rings (SSSR count). The van der Waals surface area contributed by atoms with E-state index in [2.05, 4.69) is 13.8 Å². The van der Waals surface area contributed by atoms with Crippen LogP contribution in [0.1, 0.15) is 41.9 Å². The molecule has 1 heterocycles. The van der Waals surface area contributed by atoms with Gasteiger partial charge in [-0.05, 0) is 18.3 Å². The topological polar surface area (TPSA) is 39.4 Å². The third kappa shape index (κ3) is 1.78. The Labute approximate surface area is 89.4 Å². The Morgan fingerprint density at radius 3 is 2.93 bits per heavy atom.